The number of hydrogen-bond acceptors (Lipinski definition) is 5. The van der Waals surface area contributed by atoms with E-state index in [9.17, 15) is 4.79 Å². The second-order valence-electron chi connectivity index (χ2n) is 4.17. The quantitative estimate of drug-likeness (QED) is 0.652. The molecule has 1 N–H and O–H groups in total. The van der Waals surface area contributed by atoms with E-state index in [1.165, 1.54) is 11.8 Å². The lowest BCUT2D eigenvalue weighted by atomic mass is 10.1. The van der Waals surface area contributed by atoms with Crippen LogP contribution in [0.15, 0.2) is 59.9 Å². The zero-order valence-electron chi connectivity index (χ0n) is 11.9. The number of pyridine rings is 1. The Morgan fingerprint density at radius 1 is 1.29 bits per heavy atom. The second kappa shape index (κ2) is 7.50. The number of methoxy groups -OCH3 is 1. The summed E-state index contributed by atoms with van der Waals surface area (Å²) in [5, 5.41) is 3.94. The minimum absolute atomic E-state index is 0.0570. The van der Waals surface area contributed by atoms with Crippen molar-refractivity contribution in [1.82, 2.24) is 4.98 Å². The Kier molecular flexibility index (Phi) is 5.40. The Hall–Kier alpha value is -2.27. The average molecular weight is 300 g/mol. The average Bonchev–Trinajstić information content (AvgIpc) is 2.55. The van der Waals surface area contributed by atoms with Crippen LogP contribution in [-0.4, -0.2) is 24.1 Å². The van der Waals surface area contributed by atoms with Crippen molar-refractivity contribution in [2.75, 3.05) is 18.7 Å². The highest BCUT2D eigenvalue weighted by Gasteiger charge is 2.05. The molecule has 0 fully saturated rings. The molecular weight excluding hydrogens is 284 g/mol. The zero-order chi connectivity index (χ0) is 15.1. The summed E-state index contributed by atoms with van der Waals surface area (Å²) >= 11 is 1.47. The van der Waals surface area contributed by atoms with E-state index in [1.54, 1.807) is 49.8 Å². The van der Waals surface area contributed by atoms with Crippen molar-refractivity contribution in [2.45, 2.75) is 0 Å². The fourth-order valence-corrected chi connectivity index (χ4v) is 2.13. The third-order valence-electron chi connectivity index (χ3n) is 2.79. The van der Waals surface area contributed by atoms with Gasteiger partial charge in [-0.05, 0) is 42.7 Å². The van der Waals surface area contributed by atoms with Crippen LogP contribution in [0.1, 0.15) is 10.4 Å². The first-order chi connectivity index (χ1) is 10.2. The summed E-state index contributed by atoms with van der Waals surface area (Å²) in [7, 11) is 1.60. The first kappa shape index (κ1) is 15.1. The highest BCUT2D eigenvalue weighted by molar-refractivity contribution is 8.02. The Morgan fingerprint density at radius 3 is 2.62 bits per heavy atom. The Bertz CT molecular complexity index is 624. The second-order valence-corrected chi connectivity index (χ2v) is 5.02. The number of thioether (sulfide) groups is 1. The summed E-state index contributed by atoms with van der Waals surface area (Å²) < 4.78 is 5.08. The van der Waals surface area contributed by atoms with Crippen molar-refractivity contribution >= 4 is 23.2 Å². The largest absolute Gasteiger partial charge is 0.497 e. The number of nitrogens with one attached hydrogen (secondary N) is 1. The first-order valence-corrected chi connectivity index (χ1v) is 7.56. The SMILES string of the molecule is COc1ccc(C(=O)/C=C(\Nc2cccnc2)SC)cc1. The molecule has 2 aromatic rings. The molecule has 0 saturated heterocycles. The monoisotopic (exact) mass is 300 g/mol. The molecule has 108 valence electrons. The van der Waals surface area contributed by atoms with Gasteiger partial charge < -0.3 is 10.1 Å². The molecule has 0 atom stereocenters. The van der Waals surface area contributed by atoms with Crippen molar-refractivity contribution in [3.63, 3.8) is 0 Å². The van der Waals surface area contributed by atoms with Crippen molar-refractivity contribution in [2.24, 2.45) is 0 Å². The van der Waals surface area contributed by atoms with Gasteiger partial charge in [0.25, 0.3) is 0 Å². The van der Waals surface area contributed by atoms with E-state index in [0.29, 0.717) is 5.56 Å². The Morgan fingerprint density at radius 2 is 2.05 bits per heavy atom. The normalized spacial score (nSPS) is 11.0. The lowest BCUT2D eigenvalue weighted by molar-refractivity contribution is 0.104. The van der Waals surface area contributed by atoms with E-state index in [1.807, 2.05) is 18.4 Å². The molecule has 0 saturated carbocycles. The summed E-state index contributed by atoms with van der Waals surface area (Å²) in [5.41, 5.74) is 1.47. The number of benzene rings is 1. The van der Waals surface area contributed by atoms with Crippen LogP contribution in [0, 0.1) is 0 Å². The minimum atomic E-state index is -0.0570. The van der Waals surface area contributed by atoms with Gasteiger partial charge in [-0.15, -0.1) is 11.8 Å². The van der Waals surface area contributed by atoms with Gasteiger partial charge in [0.05, 0.1) is 24.0 Å². The number of ketones is 1. The molecule has 0 amide bonds. The predicted molar refractivity (Wildman–Crippen MR) is 86.8 cm³/mol. The van der Waals surface area contributed by atoms with Crippen LogP contribution in [0.5, 0.6) is 5.75 Å². The summed E-state index contributed by atoms with van der Waals surface area (Å²) in [5.74, 6) is 0.674. The Balaban J connectivity index is 2.12. The fourth-order valence-electron chi connectivity index (χ4n) is 1.68. The van der Waals surface area contributed by atoms with Gasteiger partial charge in [-0.2, -0.15) is 0 Å². The van der Waals surface area contributed by atoms with Gasteiger partial charge in [0, 0.05) is 17.8 Å². The predicted octanol–water partition coefficient (Wildman–Crippen LogP) is 3.59. The van der Waals surface area contributed by atoms with Crippen molar-refractivity contribution in [3.8, 4) is 5.75 Å². The molecule has 1 heterocycles. The summed E-state index contributed by atoms with van der Waals surface area (Å²) in [6.07, 6.45) is 6.91. The zero-order valence-corrected chi connectivity index (χ0v) is 12.7. The van der Waals surface area contributed by atoms with E-state index in [0.717, 1.165) is 16.5 Å². The van der Waals surface area contributed by atoms with Gasteiger partial charge in [-0.1, -0.05) is 0 Å². The lowest BCUT2D eigenvalue weighted by Crippen LogP contribution is -2.01. The van der Waals surface area contributed by atoms with E-state index in [-0.39, 0.29) is 5.78 Å². The van der Waals surface area contributed by atoms with Gasteiger partial charge in [0.15, 0.2) is 5.78 Å². The summed E-state index contributed by atoms with van der Waals surface area (Å²) in [6.45, 7) is 0. The first-order valence-electron chi connectivity index (χ1n) is 6.34. The van der Waals surface area contributed by atoms with Crippen LogP contribution in [0.4, 0.5) is 5.69 Å². The molecule has 2 rings (SSSR count). The van der Waals surface area contributed by atoms with Crippen LogP contribution < -0.4 is 10.1 Å². The van der Waals surface area contributed by atoms with Crippen LogP contribution in [0.2, 0.25) is 0 Å². The van der Waals surface area contributed by atoms with Gasteiger partial charge in [0.2, 0.25) is 0 Å². The number of allylic oxidation sites excluding steroid dienone is 1. The fraction of sp³-hybridized carbons (Fsp3) is 0.125. The van der Waals surface area contributed by atoms with Gasteiger partial charge in [-0.25, -0.2) is 0 Å². The molecule has 0 bridgehead atoms. The number of anilines is 1. The highest BCUT2D eigenvalue weighted by Crippen LogP contribution is 2.18. The van der Waals surface area contributed by atoms with Gasteiger partial charge >= 0.3 is 0 Å². The van der Waals surface area contributed by atoms with E-state index in [4.69, 9.17) is 4.74 Å². The third kappa shape index (κ3) is 4.36. The molecule has 0 aliphatic rings. The van der Waals surface area contributed by atoms with Crippen molar-refractivity contribution in [3.05, 3.63) is 65.5 Å². The smallest absolute Gasteiger partial charge is 0.188 e. The molecule has 0 spiro atoms. The van der Waals surface area contributed by atoms with Crippen LogP contribution in [0.3, 0.4) is 0 Å². The maximum absolute atomic E-state index is 12.2. The molecule has 4 nitrogen and oxygen atoms in total. The number of hydrogen-bond donors (Lipinski definition) is 1. The maximum Gasteiger partial charge on any atom is 0.188 e. The molecule has 1 aromatic heterocycles. The molecular formula is C16H16N2O2S. The molecule has 0 aliphatic carbocycles. The van der Waals surface area contributed by atoms with Gasteiger partial charge in [-0.3, -0.25) is 9.78 Å². The highest BCUT2D eigenvalue weighted by atomic mass is 32.2. The van der Waals surface area contributed by atoms with Crippen LogP contribution in [0.25, 0.3) is 0 Å². The lowest BCUT2D eigenvalue weighted by Gasteiger charge is -2.08. The maximum atomic E-state index is 12.2. The summed E-state index contributed by atoms with van der Waals surface area (Å²) in [4.78, 5) is 16.2. The topological polar surface area (TPSA) is 51.2 Å². The van der Waals surface area contributed by atoms with E-state index < -0.39 is 0 Å². The number of rotatable bonds is 6. The van der Waals surface area contributed by atoms with Crippen molar-refractivity contribution < 1.29 is 9.53 Å². The Labute approximate surface area is 128 Å². The third-order valence-corrected chi connectivity index (χ3v) is 3.45. The number of carbonyl (C=O) groups is 1. The molecule has 0 radical (unpaired) electrons. The van der Waals surface area contributed by atoms with Gasteiger partial charge in [0.1, 0.15) is 5.75 Å². The standard InChI is InChI=1S/C16H16N2O2S/c1-20-14-7-5-12(6-8-14)15(19)10-16(21-2)18-13-4-3-9-17-11-13/h3-11,18H,1-2H3/b16-10+. The van der Waals surface area contributed by atoms with Crippen LogP contribution >= 0.6 is 11.8 Å². The van der Waals surface area contributed by atoms with Crippen molar-refractivity contribution in [1.29, 1.82) is 0 Å². The van der Waals surface area contributed by atoms with E-state index >= 15 is 0 Å². The molecule has 0 aliphatic heterocycles. The number of carbonyl (C=O) groups excluding carboxylic acids is 1. The van der Waals surface area contributed by atoms with Crippen LogP contribution in [-0.2, 0) is 0 Å². The molecule has 1 aromatic carbocycles. The molecule has 21 heavy (non-hydrogen) atoms. The number of nitrogens with zero attached hydrogens (tertiary/aromatic N) is 1. The van der Waals surface area contributed by atoms with E-state index in [2.05, 4.69) is 10.3 Å². The number of ether oxygens (including phenoxy) is 1. The molecule has 0 unspecified atom stereocenters. The summed E-state index contributed by atoms with van der Waals surface area (Å²) in [6, 6.07) is 10.8. The molecule has 5 heteroatoms. The number of aromatic nitrogens is 1. The minimum Gasteiger partial charge on any atom is -0.497 e.